The molecule has 0 radical (unpaired) electrons. The van der Waals surface area contributed by atoms with Crippen molar-refractivity contribution in [3.63, 3.8) is 0 Å². The van der Waals surface area contributed by atoms with Crippen LogP contribution in [0.4, 0.5) is 4.39 Å². The lowest BCUT2D eigenvalue weighted by Crippen LogP contribution is -2.51. The highest BCUT2D eigenvalue weighted by Gasteiger charge is 2.57. The number of rotatable bonds is 1. The Hall–Kier alpha value is -2.30. The summed E-state index contributed by atoms with van der Waals surface area (Å²) in [5.74, 6) is -0.0699. The highest BCUT2D eigenvalue weighted by atomic mass is 19.1. The number of halogens is 1. The SMILES string of the molecule is CC(C)(C)CC1=C2C(N=N1)NC1=C(C(=O)CC(C)(C)C1)[C@@]21CCc2ccc(F)cc21. The number of hydrogen-bond acceptors (Lipinski definition) is 4. The van der Waals surface area contributed by atoms with Crippen molar-refractivity contribution in [1.29, 1.82) is 0 Å². The van der Waals surface area contributed by atoms with Gasteiger partial charge in [-0.2, -0.15) is 10.2 Å². The lowest BCUT2D eigenvalue weighted by Gasteiger charge is -2.47. The summed E-state index contributed by atoms with van der Waals surface area (Å²) in [5.41, 5.74) is 5.27. The minimum atomic E-state index is -0.611. The standard InChI is InChI=1S/C25H30FN3O/c1-23(2,3)11-18-21-22(29-28-18)27-17-12-24(4,5)13-19(30)20(17)25(21)9-8-14-6-7-15(26)10-16(14)25/h6-7,10,22,27H,8-9,11-13H2,1-5H3/t22?,25-/m0/s1. The van der Waals surface area contributed by atoms with Gasteiger partial charge in [-0.05, 0) is 59.8 Å². The third-order valence-corrected chi connectivity index (χ3v) is 6.95. The fourth-order valence-corrected chi connectivity index (χ4v) is 6.01. The van der Waals surface area contributed by atoms with Crippen LogP contribution in [0.2, 0.25) is 0 Å². The molecule has 0 bridgehead atoms. The van der Waals surface area contributed by atoms with E-state index in [-0.39, 0.29) is 28.6 Å². The third kappa shape index (κ3) is 2.81. The average Bonchev–Trinajstić information content (AvgIpc) is 3.15. The number of carbonyl (C=O) groups excluding carboxylic acids is 1. The molecule has 1 aromatic rings. The Labute approximate surface area is 177 Å². The number of Topliss-reactive ketones (excluding diaryl/α,β-unsaturated/α-hetero) is 1. The van der Waals surface area contributed by atoms with Crippen molar-refractivity contribution in [3.8, 4) is 0 Å². The Morgan fingerprint density at radius 2 is 2.00 bits per heavy atom. The van der Waals surface area contributed by atoms with Crippen LogP contribution in [0.1, 0.15) is 71.4 Å². The fourth-order valence-electron chi connectivity index (χ4n) is 6.01. The second kappa shape index (κ2) is 6.12. The van der Waals surface area contributed by atoms with Gasteiger partial charge in [-0.15, -0.1) is 0 Å². The minimum absolute atomic E-state index is 0.0357. The molecule has 1 spiro atoms. The van der Waals surface area contributed by atoms with Gasteiger partial charge >= 0.3 is 0 Å². The molecule has 1 unspecified atom stereocenters. The van der Waals surface area contributed by atoms with Crippen molar-refractivity contribution in [2.45, 2.75) is 78.3 Å². The highest BCUT2D eigenvalue weighted by Crippen LogP contribution is 2.59. The van der Waals surface area contributed by atoms with Crippen LogP contribution in [-0.2, 0) is 16.6 Å². The van der Waals surface area contributed by atoms with Crippen LogP contribution in [0.25, 0.3) is 0 Å². The van der Waals surface area contributed by atoms with E-state index in [4.69, 9.17) is 0 Å². The molecule has 0 amide bonds. The van der Waals surface area contributed by atoms with Gasteiger partial charge in [0.1, 0.15) is 5.82 Å². The van der Waals surface area contributed by atoms with Crippen LogP contribution in [-0.4, -0.2) is 11.9 Å². The number of hydrogen-bond donors (Lipinski definition) is 1. The van der Waals surface area contributed by atoms with E-state index in [0.29, 0.717) is 6.42 Å². The molecule has 1 aromatic carbocycles. The molecule has 1 N–H and O–H groups in total. The molecule has 2 aliphatic carbocycles. The maximum Gasteiger partial charge on any atom is 0.165 e. The van der Waals surface area contributed by atoms with E-state index in [0.717, 1.165) is 59.4 Å². The molecule has 5 heteroatoms. The first-order valence-corrected chi connectivity index (χ1v) is 11.0. The molecule has 4 nitrogen and oxygen atoms in total. The topological polar surface area (TPSA) is 53.8 Å². The summed E-state index contributed by atoms with van der Waals surface area (Å²) < 4.78 is 14.5. The predicted octanol–water partition coefficient (Wildman–Crippen LogP) is 5.74. The normalized spacial score (nSPS) is 29.3. The Kier molecular flexibility index (Phi) is 4.01. The molecule has 5 rings (SSSR count). The van der Waals surface area contributed by atoms with E-state index in [9.17, 15) is 9.18 Å². The van der Waals surface area contributed by atoms with E-state index >= 15 is 0 Å². The number of aryl methyl sites for hydroxylation is 1. The number of ketones is 1. The Bertz CT molecular complexity index is 1060. The van der Waals surface area contributed by atoms with Crippen LogP contribution in [0.3, 0.4) is 0 Å². The summed E-state index contributed by atoms with van der Waals surface area (Å²) in [5, 5.41) is 12.8. The van der Waals surface area contributed by atoms with Gasteiger partial charge in [0, 0.05) is 23.3 Å². The van der Waals surface area contributed by atoms with Crippen LogP contribution in [0.15, 0.2) is 51.0 Å². The van der Waals surface area contributed by atoms with E-state index in [1.165, 1.54) is 6.07 Å². The Morgan fingerprint density at radius 3 is 2.73 bits per heavy atom. The molecule has 0 fully saturated rings. The maximum absolute atomic E-state index is 14.5. The van der Waals surface area contributed by atoms with Gasteiger partial charge in [-0.25, -0.2) is 4.39 Å². The molecular formula is C25H30FN3O. The first-order valence-electron chi connectivity index (χ1n) is 11.0. The smallest absolute Gasteiger partial charge is 0.165 e. The monoisotopic (exact) mass is 407 g/mol. The molecule has 158 valence electrons. The minimum Gasteiger partial charge on any atom is -0.362 e. The number of carbonyl (C=O) groups is 1. The summed E-state index contributed by atoms with van der Waals surface area (Å²) >= 11 is 0. The average molecular weight is 408 g/mol. The number of nitrogens with one attached hydrogen (secondary N) is 1. The molecule has 0 saturated carbocycles. The zero-order valence-corrected chi connectivity index (χ0v) is 18.5. The molecule has 4 aliphatic rings. The number of fused-ring (bicyclic) bond motifs is 5. The van der Waals surface area contributed by atoms with Gasteiger partial charge in [0.15, 0.2) is 11.9 Å². The molecular weight excluding hydrogens is 377 g/mol. The Morgan fingerprint density at radius 1 is 1.23 bits per heavy atom. The lowest BCUT2D eigenvalue weighted by atomic mass is 9.59. The van der Waals surface area contributed by atoms with Crippen LogP contribution >= 0.6 is 0 Å². The first-order chi connectivity index (χ1) is 14.0. The summed E-state index contributed by atoms with van der Waals surface area (Å²) in [6.07, 6.45) is 3.44. The van der Waals surface area contributed by atoms with Crippen molar-refractivity contribution in [2.75, 3.05) is 0 Å². The lowest BCUT2D eigenvalue weighted by molar-refractivity contribution is -0.119. The fraction of sp³-hybridized carbons (Fsp3) is 0.560. The number of nitrogens with zero attached hydrogens (tertiary/aromatic N) is 2. The van der Waals surface area contributed by atoms with Crippen molar-refractivity contribution in [3.05, 3.63) is 57.7 Å². The van der Waals surface area contributed by atoms with Gasteiger partial charge in [-0.3, -0.25) is 4.79 Å². The third-order valence-electron chi connectivity index (χ3n) is 6.95. The zero-order chi connectivity index (χ0) is 21.5. The van der Waals surface area contributed by atoms with Gasteiger partial charge in [0.05, 0.1) is 11.1 Å². The molecule has 2 aliphatic heterocycles. The van der Waals surface area contributed by atoms with Gasteiger partial charge in [0.25, 0.3) is 0 Å². The Balaban J connectivity index is 1.81. The molecule has 2 heterocycles. The van der Waals surface area contributed by atoms with Gasteiger partial charge in [0.2, 0.25) is 0 Å². The zero-order valence-electron chi connectivity index (χ0n) is 18.5. The van der Waals surface area contributed by atoms with Gasteiger partial charge in [-0.1, -0.05) is 40.7 Å². The quantitative estimate of drug-likeness (QED) is 0.645. The van der Waals surface area contributed by atoms with Crippen LogP contribution in [0.5, 0.6) is 0 Å². The summed E-state index contributed by atoms with van der Waals surface area (Å²) in [7, 11) is 0. The van der Waals surface area contributed by atoms with E-state index in [2.05, 4.69) is 50.2 Å². The number of allylic oxidation sites excluding steroid dienone is 3. The molecule has 2 atom stereocenters. The number of benzene rings is 1. The predicted molar refractivity (Wildman–Crippen MR) is 114 cm³/mol. The maximum atomic E-state index is 14.5. The molecule has 0 saturated heterocycles. The second-order valence-corrected chi connectivity index (χ2v) is 11.4. The van der Waals surface area contributed by atoms with E-state index < -0.39 is 5.41 Å². The summed E-state index contributed by atoms with van der Waals surface area (Å²) in [6.45, 7) is 10.8. The van der Waals surface area contributed by atoms with E-state index in [1.807, 2.05) is 6.07 Å². The number of azo groups is 1. The van der Waals surface area contributed by atoms with Gasteiger partial charge < -0.3 is 5.32 Å². The van der Waals surface area contributed by atoms with Crippen LogP contribution < -0.4 is 5.32 Å². The molecule has 0 aromatic heterocycles. The highest BCUT2D eigenvalue weighted by molar-refractivity contribution is 6.02. The first kappa shape index (κ1) is 19.7. The largest absolute Gasteiger partial charge is 0.362 e. The van der Waals surface area contributed by atoms with Crippen molar-refractivity contribution in [1.82, 2.24) is 5.32 Å². The molecule has 30 heavy (non-hydrogen) atoms. The van der Waals surface area contributed by atoms with Crippen LogP contribution in [0, 0.1) is 16.6 Å². The van der Waals surface area contributed by atoms with E-state index in [1.54, 1.807) is 6.07 Å². The summed E-state index contributed by atoms with van der Waals surface area (Å²) in [6, 6.07) is 5.08. The summed E-state index contributed by atoms with van der Waals surface area (Å²) in [4.78, 5) is 13.6. The van der Waals surface area contributed by atoms with Crippen molar-refractivity contribution in [2.24, 2.45) is 21.1 Å². The van der Waals surface area contributed by atoms with Crippen molar-refractivity contribution >= 4 is 5.78 Å². The van der Waals surface area contributed by atoms with Crippen molar-refractivity contribution < 1.29 is 9.18 Å². The second-order valence-electron chi connectivity index (χ2n) is 11.4.